The summed E-state index contributed by atoms with van der Waals surface area (Å²) >= 11 is 0. The van der Waals surface area contributed by atoms with Crippen molar-refractivity contribution in [3.63, 3.8) is 0 Å². The molecule has 100 valence electrons. The van der Waals surface area contributed by atoms with Crippen LogP contribution in [0.5, 0.6) is 0 Å². The first-order valence-corrected chi connectivity index (χ1v) is 7.63. The first kappa shape index (κ1) is 13.5. The Balaban J connectivity index is 2.31. The van der Waals surface area contributed by atoms with Crippen molar-refractivity contribution in [3.8, 4) is 0 Å². The minimum atomic E-state index is -3.22. The Morgan fingerprint density at radius 3 is 2.94 bits per heavy atom. The fourth-order valence-electron chi connectivity index (χ4n) is 2.14. The van der Waals surface area contributed by atoms with Crippen molar-refractivity contribution in [2.75, 3.05) is 18.8 Å². The van der Waals surface area contributed by atoms with Crippen molar-refractivity contribution in [2.45, 2.75) is 25.9 Å². The number of hydrogen-bond acceptors (Lipinski definition) is 4. The maximum atomic E-state index is 12.3. The van der Waals surface area contributed by atoms with Gasteiger partial charge in [0.25, 0.3) is 0 Å². The van der Waals surface area contributed by atoms with Crippen LogP contribution in [0.2, 0.25) is 0 Å². The van der Waals surface area contributed by atoms with E-state index in [1.165, 1.54) is 0 Å². The summed E-state index contributed by atoms with van der Waals surface area (Å²) in [5.74, 6) is 0.149. The van der Waals surface area contributed by atoms with E-state index in [4.69, 9.17) is 0 Å². The Morgan fingerprint density at radius 2 is 2.28 bits per heavy atom. The molecule has 5 nitrogen and oxygen atoms in total. The van der Waals surface area contributed by atoms with Crippen molar-refractivity contribution in [1.29, 1.82) is 0 Å². The van der Waals surface area contributed by atoms with E-state index in [2.05, 4.69) is 10.3 Å². The van der Waals surface area contributed by atoms with Crippen LogP contribution in [0.3, 0.4) is 0 Å². The Labute approximate surface area is 108 Å². The molecule has 1 fully saturated rings. The molecule has 1 saturated heterocycles. The summed E-state index contributed by atoms with van der Waals surface area (Å²) in [6.07, 6.45) is 3.40. The van der Waals surface area contributed by atoms with Gasteiger partial charge in [0.05, 0.1) is 5.75 Å². The molecule has 0 spiro atoms. The van der Waals surface area contributed by atoms with Gasteiger partial charge in [0.1, 0.15) is 0 Å². The molecule has 0 aromatic carbocycles. The average molecular weight is 269 g/mol. The molecular weight excluding hydrogens is 250 g/mol. The lowest BCUT2D eigenvalue weighted by atomic mass is 10.1. The van der Waals surface area contributed by atoms with Crippen LogP contribution in [0.15, 0.2) is 24.5 Å². The quantitative estimate of drug-likeness (QED) is 0.854. The summed E-state index contributed by atoms with van der Waals surface area (Å²) in [4.78, 5) is 4.03. The standard InChI is InChI=1S/C12H19N3O2S/c1-12(2)10-14-6-7-18(16,17)15(12)9-11-4-3-5-13-8-11/h3-5,8,14H,6-7,9-10H2,1-2H3. The van der Waals surface area contributed by atoms with Crippen LogP contribution in [0, 0.1) is 0 Å². The normalized spacial score (nSPS) is 23.4. The number of sulfonamides is 1. The molecule has 6 heteroatoms. The van der Waals surface area contributed by atoms with Crippen LogP contribution in [0.4, 0.5) is 0 Å². The lowest BCUT2D eigenvalue weighted by Crippen LogP contribution is -2.50. The summed E-state index contributed by atoms with van der Waals surface area (Å²) in [5, 5.41) is 3.17. The third-order valence-corrected chi connectivity index (χ3v) is 5.17. The van der Waals surface area contributed by atoms with Crippen LogP contribution in [-0.2, 0) is 16.6 Å². The fourth-order valence-corrected chi connectivity index (χ4v) is 3.93. The molecule has 0 atom stereocenters. The number of pyridine rings is 1. The molecule has 2 rings (SSSR count). The zero-order valence-electron chi connectivity index (χ0n) is 10.8. The number of hydrogen-bond donors (Lipinski definition) is 1. The second-order valence-electron chi connectivity index (χ2n) is 5.17. The number of rotatable bonds is 2. The van der Waals surface area contributed by atoms with Crippen LogP contribution < -0.4 is 5.32 Å². The first-order chi connectivity index (χ1) is 8.42. The molecule has 0 amide bonds. The Bertz CT molecular complexity index is 499. The smallest absolute Gasteiger partial charge is 0.216 e. The fraction of sp³-hybridized carbons (Fsp3) is 0.583. The van der Waals surface area contributed by atoms with Gasteiger partial charge in [-0.05, 0) is 25.5 Å². The van der Waals surface area contributed by atoms with E-state index in [1.54, 1.807) is 16.7 Å². The van der Waals surface area contributed by atoms with Crippen LogP contribution in [-0.4, -0.2) is 42.1 Å². The van der Waals surface area contributed by atoms with Gasteiger partial charge >= 0.3 is 0 Å². The molecule has 0 aliphatic carbocycles. The van der Waals surface area contributed by atoms with E-state index in [1.807, 2.05) is 26.0 Å². The highest BCUT2D eigenvalue weighted by atomic mass is 32.2. The summed E-state index contributed by atoms with van der Waals surface area (Å²) in [5.41, 5.74) is 0.488. The average Bonchev–Trinajstić information content (AvgIpc) is 2.41. The molecule has 0 radical (unpaired) electrons. The highest BCUT2D eigenvalue weighted by Gasteiger charge is 2.37. The van der Waals surface area contributed by atoms with Crippen LogP contribution in [0.25, 0.3) is 0 Å². The van der Waals surface area contributed by atoms with Crippen LogP contribution in [0.1, 0.15) is 19.4 Å². The van der Waals surface area contributed by atoms with E-state index in [-0.39, 0.29) is 5.75 Å². The van der Waals surface area contributed by atoms with Gasteiger partial charge in [-0.1, -0.05) is 6.07 Å². The zero-order valence-corrected chi connectivity index (χ0v) is 11.6. The van der Waals surface area contributed by atoms with Gasteiger partial charge in [-0.3, -0.25) is 4.98 Å². The van der Waals surface area contributed by atoms with Gasteiger partial charge in [-0.2, -0.15) is 4.31 Å². The lowest BCUT2D eigenvalue weighted by molar-refractivity contribution is 0.223. The Hall–Kier alpha value is -0.980. The molecule has 0 bridgehead atoms. The zero-order chi connectivity index (χ0) is 13.2. The molecule has 1 N–H and O–H groups in total. The molecule has 1 aromatic heterocycles. The van der Waals surface area contributed by atoms with Crippen molar-refractivity contribution < 1.29 is 8.42 Å². The number of nitrogens with zero attached hydrogens (tertiary/aromatic N) is 2. The first-order valence-electron chi connectivity index (χ1n) is 6.02. The van der Waals surface area contributed by atoms with E-state index in [0.29, 0.717) is 19.6 Å². The number of nitrogens with one attached hydrogen (secondary N) is 1. The van der Waals surface area contributed by atoms with E-state index in [0.717, 1.165) is 5.56 Å². The highest BCUT2D eigenvalue weighted by Crippen LogP contribution is 2.23. The second kappa shape index (κ2) is 4.95. The molecule has 1 aromatic rings. The summed E-state index contributed by atoms with van der Waals surface area (Å²) in [7, 11) is -3.22. The predicted octanol–water partition coefficient (Wildman–Crippen LogP) is 0.595. The SMILES string of the molecule is CC1(C)CNCCS(=O)(=O)N1Cc1cccnc1. The third-order valence-electron chi connectivity index (χ3n) is 3.15. The van der Waals surface area contributed by atoms with Gasteiger partial charge in [0.2, 0.25) is 10.0 Å². The summed E-state index contributed by atoms with van der Waals surface area (Å²) in [6.45, 7) is 5.44. The van der Waals surface area contributed by atoms with Gasteiger partial charge in [-0.25, -0.2) is 8.42 Å². The Morgan fingerprint density at radius 1 is 1.50 bits per heavy atom. The minimum Gasteiger partial charge on any atom is -0.314 e. The molecule has 0 saturated carbocycles. The monoisotopic (exact) mass is 269 g/mol. The molecular formula is C12H19N3O2S. The molecule has 2 heterocycles. The van der Waals surface area contributed by atoms with E-state index < -0.39 is 15.6 Å². The maximum Gasteiger partial charge on any atom is 0.216 e. The number of aromatic nitrogens is 1. The maximum absolute atomic E-state index is 12.3. The molecule has 18 heavy (non-hydrogen) atoms. The summed E-state index contributed by atoms with van der Waals surface area (Å²) in [6, 6.07) is 3.72. The molecule has 0 unspecified atom stereocenters. The van der Waals surface area contributed by atoms with Gasteiger partial charge in [0.15, 0.2) is 0 Å². The van der Waals surface area contributed by atoms with Crippen molar-refractivity contribution in [2.24, 2.45) is 0 Å². The Kier molecular flexibility index (Phi) is 3.70. The third kappa shape index (κ3) is 2.88. The minimum absolute atomic E-state index is 0.149. The molecule has 1 aliphatic heterocycles. The van der Waals surface area contributed by atoms with Gasteiger partial charge < -0.3 is 5.32 Å². The van der Waals surface area contributed by atoms with Crippen molar-refractivity contribution in [3.05, 3.63) is 30.1 Å². The topological polar surface area (TPSA) is 62.3 Å². The summed E-state index contributed by atoms with van der Waals surface area (Å²) < 4.78 is 26.2. The van der Waals surface area contributed by atoms with Gasteiger partial charge in [0, 0.05) is 37.6 Å². The predicted molar refractivity (Wildman–Crippen MR) is 70.5 cm³/mol. The van der Waals surface area contributed by atoms with E-state index in [9.17, 15) is 8.42 Å². The van der Waals surface area contributed by atoms with Crippen molar-refractivity contribution in [1.82, 2.24) is 14.6 Å². The molecule has 1 aliphatic rings. The van der Waals surface area contributed by atoms with Crippen molar-refractivity contribution >= 4 is 10.0 Å². The lowest BCUT2D eigenvalue weighted by Gasteiger charge is -2.35. The van der Waals surface area contributed by atoms with E-state index >= 15 is 0 Å². The second-order valence-corrected chi connectivity index (χ2v) is 7.19. The van der Waals surface area contributed by atoms with Crippen LogP contribution >= 0.6 is 0 Å². The largest absolute Gasteiger partial charge is 0.314 e. The highest BCUT2D eigenvalue weighted by molar-refractivity contribution is 7.89. The van der Waals surface area contributed by atoms with Gasteiger partial charge in [-0.15, -0.1) is 0 Å².